The molecule has 1 aromatic carbocycles. The van der Waals surface area contributed by atoms with E-state index < -0.39 is 9.84 Å². The molecule has 1 fully saturated rings. The van der Waals surface area contributed by atoms with Crippen LogP contribution in [0.1, 0.15) is 36.2 Å². The molecule has 0 spiro atoms. The Morgan fingerprint density at radius 1 is 1.40 bits per heavy atom. The first kappa shape index (κ1) is 14.4. The first-order valence-corrected chi connectivity index (χ1v) is 9.64. The van der Waals surface area contributed by atoms with Gasteiger partial charge in [-0.15, -0.1) is 0 Å². The zero-order valence-corrected chi connectivity index (χ0v) is 14.1. The van der Waals surface area contributed by atoms with Gasteiger partial charge in [-0.3, -0.25) is 0 Å². The Bertz CT molecular complexity index is 637. The standard InChI is InChI=1S/C15H19BrO3S/c1-15(2)9-19-13-4-3-10(7-12(13)15)14(16)11-5-6-20(17,18)8-11/h3-4,7,11,14H,5-6,8-9H2,1-2H3. The van der Waals surface area contributed by atoms with Crippen molar-refractivity contribution in [1.29, 1.82) is 0 Å². The minimum atomic E-state index is -2.84. The molecule has 0 bridgehead atoms. The lowest BCUT2D eigenvalue weighted by Crippen LogP contribution is -2.18. The molecule has 1 aromatic rings. The summed E-state index contributed by atoms with van der Waals surface area (Å²) in [5.41, 5.74) is 2.41. The largest absolute Gasteiger partial charge is 0.492 e. The molecule has 0 aliphatic carbocycles. The molecule has 2 aliphatic heterocycles. The molecule has 3 nitrogen and oxygen atoms in total. The van der Waals surface area contributed by atoms with E-state index in [-0.39, 0.29) is 16.2 Å². The normalized spacial score (nSPS) is 27.9. The van der Waals surface area contributed by atoms with Crippen molar-refractivity contribution < 1.29 is 13.2 Å². The van der Waals surface area contributed by atoms with Crippen LogP contribution in [0.3, 0.4) is 0 Å². The van der Waals surface area contributed by atoms with Gasteiger partial charge in [-0.1, -0.05) is 41.9 Å². The first-order chi connectivity index (χ1) is 9.28. The molecule has 2 heterocycles. The molecule has 5 heteroatoms. The van der Waals surface area contributed by atoms with E-state index in [0.29, 0.717) is 18.1 Å². The number of sulfone groups is 1. The molecule has 1 saturated heterocycles. The maximum absolute atomic E-state index is 11.6. The van der Waals surface area contributed by atoms with Gasteiger partial charge in [-0.05, 0) is 24.0 Å². The van der Waals surface area contributed by atoms with Gasteiger partial charge in [0.2, 0.25) is 0 Å². The molecule has 0 aromatic heterocycles. The highest BCUT2D eigenvalue weighted by molar-refractivity contribution is 9.09. The van der Waals surface area contributed by atoms with Gasteiger partial charge in [0.1, 0.15) is 5.75 Å². The van der Waals surface area contributed by atoms with Crippen molar-refractivity contribution in [2.75, 3.05) is 18.1 Å². The Hall–Kier alpha value is -0.550. The summed E-state index contributed by atoms with van der Waals surface area (Å²) in [6, 6.07) is 6.23. The van der Waals surface area contributed by atoms with Crippen LogP contribution in [0.15, 0.2) is 18.2 Å². The number of fused-ring (bicyclic) bond motifs is 1. The van der Waals surface area contributed by atoms with Crippen molar-refractivity contribution in [2.45, 2.75) is 30.5 Å². The minimum absolute atomic E-state index is 0.0276. The molecule has 2 unspecified atom stereocenters. The van der Waals surface area contributed by atoms with Crippen molar-refractivity contribution in [1.82, 2.24) is 0 Å². The molecular formula is C15H19BrO3S. The summed E-state index contributed by atoms with van der Waals surface area (Å²) in [6.45, 7) is 5.05. The average Bonchev–Trinajstić information content (AvgIpc) is 2.89. The van der Waals surface area contributed by atoms with E-state index in [0.717, 1.165) is 17.7 Å². The minimum Gasteiger partial charge on any atom is -0.492 e. The van der Waals surface area contributed by atoms with Gasteiger partial charge in [0.25, 0.3) is 0 Å². The summed E-state index contributed by atoms with van der Waals surface area (Å²) in [6.07, 6.45) is 0.745. The van der Waals surface area contributed by atoms with Crippen LogP contribution in [0.4, 0.5) is 0 Å². The highest BCUT2D eigenvalue weighted by Gasteiger charge is 2.36. The van der Waals surface area contributed by atoms with E-state index >= 15 is 0 Å². The zero-order chi connectivity index (χ0) is 14.5. The number of rotatable bonds is 2. The highest BCUT2D eigenvalue weighted by atomic mass is 79.9. The van der Waals surface area contributed by atoms with Crippen LogP contribution in [-0.2, 0) is 15.3 Å². The predicted molar refractivity (Wildman–Crippen MR) is 83.4 cm³/mol. The molecule has 110 valence electrons. The fourth-order valence-corrected chi connectivity index (χ4v) is 5.86. The molecule has 2 aliphatic rings. The maximum Gasteiger partial charge on any atom is 0.150 e. The van der Waals surface area contributed by atoms with Crippen molar-refractivity contribution in [3.05, 3.63) is 29.3 Å². The Morgan fingerprint density at radius 2 is 2.15 bits per heavy atom. The summed E-state index contributed by atoms with van der Waals surface area (Å²) >= 11 is 3.71. The quantitative estimate of drug-likeness (QED) is 0.762. The van der Waals surface area contributed by atoms with E-state index in [4.69, 9.17) is 4.74 Å². The third-order valence-corrected chi connectivity index (χ3v) is 7.39. The van der Waals surface area contributed by atoms with Crippen LogP contribution >= 0.6 is 15.9 Å². The van der Waals surface area contributed by atoms with Gasteiger partial charge in [0.05, 0.1) is 18.1 Å². The number of ether oxygens (including phenoxy) is 1. The Kier molecular flexibility index (Phi) is 3.41. The summed E-state index contributed by atoms with van der Waals surface area (Å²) in [4.78, 5) is 0.0986. The van der Waals surface area contributed by atoms with Crippen LogP contribution < -0.4 is 4.74 Å². The van der Waals surface area contributed by atoms with E-state index in [1.165, 1.54) is 5.56 Å². The van der Waals surface area contributed by atoms with Crippen LogP contribution in [-0.4, -0.2) is 26.5 Å². The van der Waals surface area contributed by atoms with Gasteiger partial charge in [-0.2, -0.15) is 0 Å². The SMILES string of the molecule is CC1(C)COc2ccc(C(Br)C3CCS(=O)(=O)C3)cc21. The number of hydrogen-bond acceptors (Lipinski definition) is 3. The second kappa shape index (κ2) is 4.73. The Labute approximate surface area is 128 Å². The van der Waals surface area contributed by atoms with Crippen LogP contribution in [0, 0.1) is 5.92 Å². The third kappa shape index (κ3) is 2.50. The molecule has 2 atom stereocenters. The molecule has 0 amide bonds. The number of alkyl halides is 1. The van der Waals surface area contributed by atoms with E-state index in [1.54, 1.807) is 0 Å². The Balaban J connectivity index is 1.89. The monoisotopic (exact) mass is 358 g/mol. The molecular weight excluding hydrogens is 340 g/mol. The van der Waals surface area contributed by atoms with Crippen molar-refractivity contribution in [3.63, 3.8) is 0 Å². The van der Waals surface area contributed by atoms with E-state index in [9.17, 15) is 8.42 Å². The number of benzene rings is 1. The van der Waals surface area contributed by atoms with E-state index in [2.05, 4.69) is 35.8 Å². The molecule has 0 saturated carbocycles. The second-order valence-electron chi connectivity index (χ2n) is 6.49. The van der Waals surface area contributed by atoms with Crippen LogP contribution in [0.25, 0.3) is 0 Å². The molecule has 0 N–H and O–H groups in total. The van der Waals surface area contributed by atoms with Gasteiger partial charge >= 0.3 is 0 Å². The summed E-state index contributed by atoms with van der Waals surface area (Å²) in [7, 11) is -2.84. The average molecular weight is 359 g/mol. The topological polar surface area (TPSA) is 43.4 Å². The van der Waals surface area contributed by atoms with Crippen LogP contribution in [0.5, 0.6) is 5.75 Å². The van der Waals surface area contributed by atoms with Crippen molar-refractivity contribution >= 4 is 25.8 Å². The Morgan fingerprint density at radius 3 is 2.80 bits per heavy atom. The van der Waals surface area contributed by atoms with Gasteiger partial charge in [-0.25, -0.2) is 8.42 Å². The maximum atomic E-state index is 11.6. The van der Waals surface area contributed by atoms with Gasteiger partial charge < -0.3 is 4.74 Å². The van der Waals surface area contributed by atoms with Crippen LogP contribution in [0.2, 0.25) is 0 Å². The van der Waals surface area contributed by atoms with Gasteiger partial charge in [0, 0.05) is 15.8 Å². The lowest BCUT2D eigenvalue weighted by molar-refractivity contribution is 0.291. The van der Waals surface area contributed by atoms with Crippen molar-refractivity contribution in [2.24, 2.45) is 5.92 Å². The second-order valence-corrected chi connectivity index (χ2v) is 9.71. The predicted octanol–water partition coefficient (Wildman–Crippen LogP) is 3.23. The summed E-state index contributed by atoms with van der Waals surface area (Å²) in [5.74, 6) is 1.74. The van der Waals surface area contributed by atoms with Crippen molar-refractivity contribution in [3.8, 4) is 5.75 Å². The fraction of sp³-hybridized carbons (Fsp3) is 0.600. The van der Waals surface area contributed by atoms with Gasteiger partial charge in [0.15, 0.2) is 9.84 Å². The number of hydrogen-bond donors (Lipinski definition) is 0. The zero-order valence-electron chi connectivity index (χ0n) is 11.7. The lowest BCUT2D eigenvalue weighted by Gasteiger charge is -2.20. The molecule has 3 rings (SSSR count). The van der Waals surface area contributed by atoms with E-state index in [1.807, 2.05) is 12.1 Å². The first-order valence-electron chi connectivity index (χ1n) is 6.90. The molecule has 0 radical (unpaired) electrons. The smallest absolute Gasteiger partial charge is 0.150 e. The fourth-order valence-electron chi connectivity index (χ4n) is 3.04. The summed E-state index contributed by atoms with van der Waals surface area (Å²) < 4.78 is 28.9. The summed E-state index contributed by atoms with van der Waals surface area (Å²) in [5, 5.41) is 0. The molecule has 20 heavy (non-hydrogen) atoms. The third-order valence-electron chi connectivity index (χ3n) is 4.32. The number of halogens is 1. The lowest BCUT2D eigenvalue weighted by atomic mass is 9.85. The highest BCUT2D eigenvalue weighted by Crippen LogP contribution is 2.43.